The molecule has 2 aliphatic rings. The van der Waals surface area contributed by atoms with Crippen LogP contribution >= 0.6 is 0 Å². The number of pyridine rings is 1. The van der Waals surface area contributed by atoms with Gasteiger partial charge in [0.05, 0.1) is 11.1 Å². The summed E-state index contributed by atoms with van der Waals surface area (Å²) in [6.45, 7) is 6.37. The van der Waals surface area contributed by atoms with Crippen LogP contribution in [0.2, 0.25) is 0 Å². The number of halogens is 3. The van der Waals surface area contributed by atoms with E-state index in [-0.39, 0.29) is 17.6 Å². The summed E-state index contributed by atoms with van der Waals surface area (Å²) in [5.41, 5.74) is 0.0686. The molecule has 3 heterocycles. The van der Waals surface area contributed by atoms with Crippen LogP contribution in [0.1, 0.15) is 18.9 Å². The number of fused-ring (bicyclic) bond motifs is 1. The number of piperidine rings is 1. The lowest BCUT2D eigenvalue weighted by Crippen LogP contribution is -2.50. The first kappa shape index (κ1) is 20.7. The smallest absolute Gasteiger partial charge is 0.369 e. The molecule has 2 amide bonds. The third kappa shape index (κ3) is 4.30. The lowest BCUT2D eigenvalue weighted by Gasteiger charge is -2.39. The maximum atomic E-state index is 13.4. The van der Waals surface area contributed by atoms with Crippen molar-refractivity contribution in [3.05, 3.63) is 36.0 Å². The predicted molar refractivity (Wildman–Crippen MR) is 110 cm³/mol. The molecule has 4 rings (SSSR count). The van der Waals surface area contributed by atoms with Gasteiger partial charge in [0.2, 0.25) is 0 Å². The van der Waals surface area contributed by atoms with Crippen molar-refractivity contribution in [1.82, 2.24) is 20.5 Å². The zero-order chi connectivity index (χ0) is 21.3. The average molecular weight is 421 g/mol. The average Bonchev–Trinajstić information content (AvgIpc) is 3.11. The quantitative estimate of drug-likeness (QED) is 0.779. The van der Waals surface area contributed by atoms with E-state index in [0.717, 1.165) is 31.3 Å². The Morgan fingerprint density at radius 3 is 2.83 bits per heavy atom. The van der Waals surface area contributed by atoms with Crippen molar-refractivity contribution in [3.63, 3.8) is 0 Å². The van der Waals surface area contributed by atoms with Crippen LogP contribution in [0.25, 0.3) is 10.9 Å². The number of rotatable bonds is 5. The first-order chi connectivity index (χ1) is 14.3. The molecule has 6 nitrogen and oxygen atoms in total. The van der Waals surface area contributed by atoms with Gasteiger partial charge in [-0.1, -0.05) is 6.92 Å². The van der Waals surface area contributed by atoms with Gasteiger partial charge in [-0.3, -0.25) is 4.98 Å². The summed E-state index contributed by atoms with van der Waals surface area (Å²) in [6.07, 6.45) is -2.05. The highest BCUT2D eigenvalue weighted by molar-refractivity contribution is 5.94. The molecule has 0 saturated carbocycles. The molecular weight excluding hydrogens is 395 g/mol. The molecule has 1 aromatic carbocycles. The van der Waals surface area contributed by atoms with E-state index in [0.29, 0.717) is 37.5 Å². The van der Waals surface area contributed by atoms with Crippen molar-refractivity contribution in [2.45, 2.75) is 25.6 Å². The van der Waals surface area contributed by atoms with Crippen LogP contribution in [0.15, 0.2) is 30.5 Å². The number of alkyl halides is 3. The minimum Gasteiger partial charge on any atom is -0.369 e. The summed E-state index contributed by atoms with van der Waals surface area (Å²) in [4.78, 5) is 19.6. The van der Waals surface area contributed by atoms with Gasteiger partial charge in [0.1, 0.15) is 0 Å². The zero-order valence-electron chi connectivity index (χ0n) is 16.9. The highest BCUT2D eigenvalue weighted by atomic mass is 19.4. The Kier molecular flexibility index (Phi) is 5.73. The molecule has 0 unspecified atom stereocenters. The van der Waals surface area contributed by atoms with E-state index in [4.69, 9.17) is 0 Å². The monoisotopic (exact) mass is 421 g/mol. The summed E-state index contributed by atoms with van der Waals surface area (Å²) < 4.78 is 40.2. The van der Waals surface area contributed by atoms with Gasteiger partial charge in [-0.15, -0.1) is 0 Å². The Balaban J connectivity index is 1.50. The molecule has 2 N–H and O–H groups in total. The van der Waals surface area contributed by atoms with E-state index in [1.54, 1.807) is 23.1 Å². The molecule has 2 saturated heterocycles. The molecule has 162 valence electrons. The van der Waals surface area contributed by atoms with Gasteiger partial charge in [0.15, 0.2) is 0 Å². The van der Waals surface area contributed by atoms with E-state index in [1.807, 2.05) is 0 Å². The second-order valence-corrected chi connectivity index (χ2v) is 8.15. The summed E-state index contributed by atoms with van der Waals surface area (Å²) in [5, 5.41) is 6.84. The summed E-state index contributed by atoms with van der Waals surface area (Å²) in [6, 6.07) is 6.26. The van der Waals surface area contributed by atoms with Crippen LogP contribution in [0.5, 0.6) is 0 Å². The number of anilines is 1. The third-order valence-corrected chi connectivity index (χ3v) is 5.81. The highest BCUT2D eigenvalue weighted by Gasteiger charge is 2.34. The number of urea groups is 1. The number of nitrogens with zero attached hydrogens (tertiary/aromatic N) is 3. The van der Waals surface area contributed by atoms with Gasteiger partial charge < -0.3 is 20.4 Å². The Hall–Kier alpha value is -2.55. The largest absolute Gasteiger partial charge is 0.418 e. The van der Waals surface area contributed by atoms with Crippen molar-refractivity contribution in [1.29, 1.82) is 0 Å². The van der Waals surface area contributed by atoms with E-state index >= 15 is 0 Å². The molecular formula is C21H26F3N5O. The summed E-state index contributed by atoms with van der Waals surface area (Å²) >= 11 is 0. The minimum atomic E-state index is -4.44. The molecule has 9 heteroatoms. The normalized spacial score (nSPS) is 22.6. The van der Waals surface area contributed by atoms with E-state index in [2.05, 4.69) is 27.4 Å². The van der Waals surface area contributed by atoms with Crippen molar-refractivity contribution in [2.24, 2.45) is 5.92 Å². The fourth-order valence-corrected chi connectivity index (χ4v) is 4.49. The molecule has 0 aliphatic carbocycles. The number of nitrogens with one attached hydrogen (secondary N) is 2. The number of amides is 2. The number of carbonyl (C=O) groups excluding carboxylic acids is 1. The Labute approximate surface area is 173 Å². The molecule has 2 aliphatic heterocycles. The zero-order valence-corrected chi connectivity index (χ0v) is 16.9. The molecule has 2 fully saturated rings. The van der Waals surface area contributed by atoms with Crippen molar-refractivity contribution in [3.8, 4) is 0 Å². The van der Waals surface area contributed by atoms with Gasteiger partial charge in [0.25, 0.3) is 0 Å². The van der Waals surface area contributed by atoms with Gasteiger partial charge in [-0.2, -0.15) is 13.2 Å². The van der Waals surface area contributed by atoms with Crippen LogP contribution in [0, 0.1) is 5.92 Å². The van der Waals surface area contributed by atoms with Gasteiger partial charge in [-0.25, -0.2) is 4.79 Å². The van der Waals surface area contributed by atoms with E-state index in [1.165, 1.54) is 6.20 Å². The number of hydrogen-bond acceptors (Lipinski definition) is 4. The first-order valence-electron chi connectivity index (χ1n) is 10.3. The maximum Gasteiger partial charge on any atom is 0.418 e. The molecule has 1 aromatic heterocycles. The number of aromatic nitrogens is 1. The number of benzene rings is 1. The van der Waals surface area contributed by atoms with E-state index in [9.17, 15) is 18.0 Å². The SMILES string of the molecule is C[C@H]1C[C@@H](NCCN2CCNC2=O)CN(c2ccc(C(F)(F)F)c3ncccc23)C1. The highest BCUT2D eigenvalue weighted by Crippen LogP contribution is 2.38. The summed E-state index contributed by atoms with van der Waals surface area (Å²) in [5.74, 6) is 0.389. The maximum absolute atomic E-state index is 13.4. The topological polar surface area (TPSA) is 60.5 Å². The minimum absolute atomic E-state index is 0.00900. The lowest BCUT2D eigenvalue weighted by atomic mass is 9.94. The van der Waals surface area contributed by atoms with Gasteiger partial charge in [0, 0.05) is 62.6 Å². The Bertz CT molecular complexity index is 919. The van der Waals surface area contributed by atoms with Crippen molar-refractivity contribution in [2.75, 3.05) is 44.2 Å². The van der Waals surface area contributed by atoms with Crippen LogP contribution in [0.4, 0.5) is 23.7 Å². The molecule has 2 atom stereocenters. The molecule has 2 aromatic rings. The van der Waals surface area contributed by atoms with Crippen molar-refractivity contribution >= 4 is 22.6 Å². The number of carbonyl (C=O) groups is 1. The fourth-order valence-electron chi connectivity index (χ4n) is 4.49. The van der Waals surface area contributed by atoms with E-state index < -0.39 is 11.7 Å². The van der Waals surface area contributed by atoms with Crippen LogP contribution in [-0.2, 0) is 6.18 Å². The molecule has 30 heavy (non-hydrogen) atoms. The second-order valence-electron chi connectivity index (χ2n) is 8.15. The number of hydrogen-bond donors (Lipinski definition) is 2. The van der Waals surface area contributed by atoms with Crippen molar-refractivity contribution < 1.29 is 18.0 Å². The Morgan fingerprint density at radius 2 is 2.10 bits per heavy atom. The Morgan fingerprint density at radius 1 is 1.27 bits per heavy atom. The predicted octanol–water partition coefficient (Wildman–Crippen LogP) is 3.08. The summed E-state index contributed by atoms with van der Waals surface area (Å²) in [7, 11) is 0. The molecule has 0 radical (unpaired) electrons. The molecule has 0 bridgehead atoms. The van der Waals surface area contributed by atoms with Gasteiger partial charge in [-0.05, 0) is 36.6 Å². The third-order valence-electron chi connectivity index (χ3n) is 5.81. The standard InChI is InChI=1S/C21H26F3N5O/c1-14-11-15(25-7-9-28-10-8-27-20(28)30)13-29(12-14)18-5-4-17(21(22,23)24)19-16(18)3-2-6-26-19/h2-6,14-15,25H,7-13H2,1H3,(H,27,30)/t14-,15+/m0/s1. The fraction of sp³-hybridized carbons (Fsp3) is 0.524. The van der Waals surface area contributed by atoms with Crippen LogP contribution in [0.3, 0.4) is 0 Å². The molecule has 0 spiro atoms. The van der Waals surface area contributed by atoms with Gasteiger partial charge >= 0.3 is 12.2 Å². The van der Waals surface area contributed by atoms with Crippen LogP contribution in [-0.4, -0.2) is 61.2 Å². The van der Waals surface area contributed by atoms with Crippen LogP contribution < -0.4 is 15.5 Å². The second kappa shape index (κ2) is 8.29. The lowest BCUT2D eigenvalue weighted by molar-refractivity contribution is -0.136. The first-order valence-corrected chi connectivity index (χ1v) is 10.3.